The van der Waals surface area contributed by atoms with Crippen LogP contribution in [0.15, 0.2) is 59.3 Å². The molecule has 148 valence electrons. The third-order valence-electron chi connectivity index (χ3n) is 5.18. The number of unbranched alkanes of at least 4 members (excludes halogenated alkanes) is 7. The molecule has 0 saturated carbocycles. The van der Waals surface area contributed by atoms with E-state index >= 15 is 0 Å². The largest absolute Gasteiger partial charge is 0.539 e. The Morgan fingerprint density at radius 3 is 1.93 bits per heavy atom. The average Bonchev–Trinajstić information content (AvgIpc) is 3.17. The Morgan fingerprint density at radius 2 is 1.36 bits per heavy atom. The molecule has 0 aliphatic rings. The Bertz CT molecular complexity index is 823. The van der Waals surface area contributed by atoms with Crippen molar-refractivity contribution in [3.63, 3.8) is 0 Å². The van der Waals surface area contributed by atoms with E-state index in [1.807, 2.05) is 24.3 Å². The van der Waals surface area contributed by atoms with Gasteiger partial charge in [0.05, 0.1) is 5.27 Å². The molecule has 2 aromatic carbocycles. The van der Waals surface area contributed by atoms with Gasteiger partial charge in [-0.3, -0.25) is 0 Å². The molecule has 1 aromatic heterocycles. The molecule has 3 rings (SSSR count). The van der Waals surface area contributed by atoms with Crippen molar-refractivity contribution < 1.29 is 14.3 Å². The third-order valence-corrected chi connectivity index (χ3v) is 5.18. The second-order valence-corrected chi connectivity index (χ2v) is 7.43. The molecule has 28 heavy (non-hydrogen) atoms. The molecule has 0 unspecified atom stereocenters. The van der Waals surface area contributed by atoms with Crippen LogP contribution in [0, 0.1) is 0 Å². The van der Waals surface area contributed by atoms with Crippen LogP contribution in [0.1, 0.15) is 63.9 Å². The van der Waals surface area contributed by atoms with Gasteiger partial charge >= 0.3 is 0 Å². The Balaban J connectivity index is 1.45. The van der Waals surface area contributed by atoms with Crippen LogP contribution in [0.3, 0.4) is 0 Å². The van der Waals surface area contributed by atoms with E-state index in [1.165, 1.54) is 73.4 Å². The van der Waals surface area contributed by atoms with Crippen LogP contribution < -0.4 is 9.79 Å². The lowest BCUT2D eigenvalue weighted by molar-refractivity contribution is -0.670. The summed E-state index contributed by atoms with van der Waals surface area (Å²) in [4.78, 5) is 0. The zero-order chi connectivity index (χ0) is 19.6. The van der Waals surface area contributed by atoms with E-state index in [9.17, 15) is 5.11 Å². The zero-order valence-electron chi connectivity index (χ0n) is 16.8. The average molecular weight is 379 g/mol. The Kier molecular flexibility index (Phi) is 7.65. The maximum Gasteiger partial charge on any atom is 0.239 e. The van der Waals surface area contributed by atoms with Crippen LogP contribution >= 0.6 is 0 Å². The second kappa shape index (κ2) is 10.6. The minimum atomic E-state index is -0.448. The number of benzene rings is 2. The predicted octanol–water partition coefficient (Wildman–Crippen LogP) is 5.38. The highest BCUT2D eigenvalue weighted by molar-refractivity contribution is 5.64. The van der Waals surface area contributed by atoms with E-state index in [2.05, 4.69) is 41.0 Å². The molecule has 4 nitrogen and oxygen atoms in total. The number of aryl methyl sites for hydroxylation is 1. The first-order valence-electron chi connectivity index (χ1n) is 10.5. The highest BCUT2D eigenvalue weighted by atomic mass is 16.6. The van der Waals surface area contributed by atoms with Gasteiger partial charge in [0.15, 0.2) is 0 Å². The Morgan fingerprint density at radius 1 is 0.786 bits per heavy atom. The Hall–Kier alpha value is -2.62. The van der Waals surface area contributed by atoms with Crippen molar-refractivity contribution >= 4 is 0 Å². The summed E-state index contributed by atoms with van der Waals surface area (Å²) in [5, 5.41) is 14.8. The summed E-state index contributed by atoms with van der Waals surface area (Å²) < 4.78 is 6.02. The van der Waals surface area contributed by atoms with Gasteiger partial charge in [0.2, 0.25) is 11.9 Å². The zero-order valence-corrected chi connectivity index (χ0v) is 16.8. The Labute approximate surface area is 167 Å². The summed E-state index contributed by atoms with van der Waals surface area (Å²) in [6.07, 6.45) is 13.4. The molecule has 0 amide bonds. The summed E-state index contributed by atoms with van der Waals surface area (Å²) in [5.41, 5.74) is 4.56. The lowest BCUT2D eigenvalue weighted by atomic mass is 10.0. The standard InChI is InChI=1S/C24H30N2O2/c1-2-3-4-5-6-7-8-9-10-20-11-13-21(14-12-20)22-15-17-23(18-16-22)26-19-24(27)28-25-26/h11-19H,2-10H2,1H3. The van der Waals surface area contributed by atoms with E-state index in [-0.39, 0.29) is 0 Å². The SMILES string of the molecule is CCCCCCCCCCc1ccc(-c2ccc(-[n+]3cc([O-])on3)cc2)cc1. The first-order valence-corrected chi connectivity index (χ1v) is 10.5. The van der Waals surface area contributed by atoms with Crippen molar-refractivity contribution in [1.29, 1.82) is 0 Å². The fourth-order valence-corrected chi connectivity index (χ4v) is 3.49. The van der Waals surface area contributed by atoms with Crippen LogP contribution in [-0.2, 0) is 6.42 Å². The van der Waals surface area contributed by atoms with E-state index in [0.717, 1.165) is 17.7 Å². The van der Waals surface area contributed by atoms with Gasteiger partial charge in [-0.15, -0.1) is 0 Å². The summed E-state index contributed by atoms with van der Waals surface area (Å²) in [6.45, 7) is 2.27. The van der Waals surface area contributed by atoms with Gasteiger partial charge in [-0.2, -0.15) is 0 Å². The number of hydrogen-bond donors (Lipinski definition) is 0. The molecule has 0 atom stereocenters. The molecular weight excluding hydrogens is 348 g/mol. The molecular formula is C24H30N2O2. The van der Waals surface area contributed by atoms with Crippen molar-refractivity contribution in [1.82, 2.24) is 5.27 Å². The molecule has 0 spiro atoms. The highest BCUT2D eigenvalue weighted by Gasteiger charge is 2.09. The van der Waals surface area contributed by atoms with E-state index in [4.69, 9.17) is 0 Å². The molecule has 0 aliphatic heterocycles. The van der Waals surface area contributed by atoms with Gasteiger partial charge in [-0.05, 0) is 46.3 Å². The van der Waals surface area contributed by atoms with Gasteiger partial charge in [0.1, 0.15) is 5.95 Å². The lowest BCUT2D eigenvalue weighted by Crippen LogP contribution is -2.31. The van der Waals surface area contributed by atoms with Gasteiger partial charge < -0.3 is 9.63 Å². The number of aromatic nitrogens is 2. The van der Waals surface area contributed by atoms with Crippen LogP contribution in [0.5, 0.6) is 5.95 Å². The monoisotopic (exact) mass is 378 g/mol. The molecule has 0 radical (unpaired) electrons. The maximum atomic E-state index is 11.1. The fourth-order valence-electron chi connectivity index (χ4n) is 3.49. The number of hydrogen-bond acceptors (Lipinski definition) is 3. The number of nitrogens with zero attached hydrogens (tertiary/aromatic N) is 2. The lowest BCUT2D eigenvalue weighted by Gasteiger charge is -2.05. The van der Waals surface area contributed by atoms with Crippen LogP contribution in [0.25, 0.3) is 16.8 Å². The smallest absolute Gasteiger partial charge is 0.239 e. The van der Waals surface area contributed by atoms with Gasteiger partial charge in [0.25, 0.3) is 0 Å². The van der Waals surface area contributed by atoms with Crippen LogP contribution in [0.2, 0.25) is 0 Å². The van der Waals surface area contributed by atoms with Crippen LogP contribution in [0.4, 0.5) is 0 Å². The highest BCUT2D eigenvalue weighted by Crippen LogP contribution is 2.21. The molecule has 0 saturated heterocycles. The first kappa shape index (κ1) is 20.1. The van der Waals surface area contributed by atoms with Crippen molar-refractivity contribution in [2.45, 2.75) is 64.7 Å². The van der Waals surface area contributed by atoms with Crippen molar-refractivity contribution in [3.05, 3.63) is 60.3 Å². The predicted molar refractivity (Wildman–Crippen MR) is 109 cm³/mol. The quantitative estimate of drug-likeness (QED) is 0.333. The molecule has 3 aromatic rings. The third kappa shape index (κ3) is 5.95. The molecule has 0 fully saturated rings. The minimum absolute atomic E-state index is 0.448. The van der Waals surface area contributed by atoms with Crippen molar-refractivity contribution in [2.75, 3.05) is 0 Å². The molecule has 0 aliphatic carbocycles. The topological polar surface area (TPSA) is 53.0 Å². The molecule has 1 heterocycles. The molecule has 0 bridgehead atoms. The summed E-state index contributed by atoms with van der Waals surface area (Å²) >= 11 is 0. The molecule has 4 heteroatoms. The van der Waals surface area contributed by atoms with Crippen molar-refractivity contribution in [2.24, 2.45) is 0 Å². The summed E-state index contributed by atoms with van der Waals surface area (Å²) in [5.74, 6) is -0.448. The van der Waals surface area contributed by atoms with E-state index in [0.29, 0.717) is 0 Å². The fraction of sp³-hybridized carbons (Fsp3) is 0.417. The first-order chi connectivity index (χ1) is 13.8. The molecule has 0 N–H and O–H groups in total. The van der Waals surface area contributed by atoms with E-state index in [1.54, 1.807) is 0 Å². The minimum Gasteiger partial charge on any atom is -0.539 e. The summed E-state index contributed by atoms with van der Waals surface area (Å²) in [7, 11) is 0. The van der Waals surface area contributed by atoms with Crippen molar-refractivity contribution in [3.8, 4) is 22.8 Å². The van der Waals surface area contributed by atoms with Gasteiger partial charge in [-0.1, -0.05) is 76.1 Å². The van der Waals surface area contributed by atoms with E-state index < -0.39 is 5.95 Å². The van der Waals surface area contributed by atoms with Crippen LogP contribution in [-0.4, -0.2) is 5.27 Å². The second-order valence-electron chi connectivity index (χ2n) is 7.43. The normalized spacial score (nSPS) is 11.0. The summed E-state index contributed by atoms with van der Waals surface area (Å²) in [6, 6.07) is 16.8. The van der Waals surface area contributed by atoms with Gasteiger partial charge in [0, 0.05) is 12.1 Å². The number of rotatable bonds is 11. The maximum absolute atomic E-state index is 11.1. The van der Waals surface area contributed by atoms with Gasteiger partial charge in [-0.25, -0.2) is 0 Å².